The predicted octanol–water partition coefficient (Wildman–Crippen LogP) is 7.00. The minimum Gasteiger partial charge on any atom is -0.363 e. The fourth-order valence-corrected chi connectivity index (χ4v) is 5.98. The van der Waals surface area contributed by atoms with Crippen LogP contribution in [0.25, 0.3) is 5.69 Å². The van der Waals surface area contributed by atoms with E-state index in [0.29, 0.717) is 12.0 Å². The number of rotatable bonds is 8. The topological polar surface area (TPSA) is 64.7 Å². The molecule has 0 fully saturated rings. The van der Waals surface area contributed by atoms with Crippen LogP contribution >= 0.6 is 0 Å². The second kappa shape index (κ2) is 9.66. The maximum Gasteiger partial charge on any atom is 0.169 e. The van der Waals surface area contributed by atoms with E-state index in [1.807, 2.05) is 39.8 Å². The summed E-state index contributed by atoms with van der Waals surface area (Å²) >= 11 is 0. The Morgan fingerprint density at radius 3 is 2.30 bits per heavy atom. The first-order valence-corrected chi connectivity index (χ1v) is 13.3. The van der Waals surface area contributed by atoms with Crippen LogP contribution in [0.5, 0.6) is 0 Å². The Morgan fingerprint density at radius 1 is 1.00 bits per heavy atom. The molecule has 6 nitrogen and oxygen atoms in total. The number of aromatic nitrogens is 4. The number of benzene rings is 2. The van der Waals surface area contributed by atoms with Crippen LogP contribution in [0.4, 0.5) is 5.82 Å². The Morgan fingerprint density at radius 2 is 1.65 bits per heavy atom. The van der Waals surface area contributed by atoms with Crippen molar-refractivity contribution in [2.24, 2.45) is 0 Å². The van der Waals surface area contributed by atoms with Crippen molar-refractivity contribution in [3.8, 4) is 5.69 Å². The number of hydrogen-bond donors (Lipinski definition) is 1. The van der Waals surface area contributed by atoms with Gasteiger partial charge in [-0.2, -0.15) is 10.2 Å². The highest BCUT2D eigenvalue weighted by Crippen LogP contribution is 2.43. The molecule has 0 saturated carbocycles. The zero-order valence-electron chi connectivity index (χ0n) is 22.5. The van der Waals surface area contributed by atoms with Gasteiger partial charge in [-0.05, 0) is 57.7 Å². The molecule has 0 bridgehead atoms. The maximum absolute atomic E-state index is 14.0. The standard InChI is InChI=1S/C31H37N5O/c1-6-31(7-2,26-21-32-35(22(26)3)24-16-12-9-13-17-24)19-28(37)25-20-33-36-29(25)34-27(18-30(36,4)5)23-14-10-8-11-15-23/h8-17,20-21,27,34H,6-7,18-19H2,1-5H3. The van der Waals surface area contributed by atoms with Gasteiger partial charge in [0, 0.05) is 23.1 Å². The summed E-state index contributed by atoms with van der Waals surface area (Å²) in [5.41, 5.74) is 4.65. The first-order chi connectivity index (χ1) is 17.8. The lowest BCUT2D eigenvalue weighted by Gasteiger charge is -2.38. The molecular weight excluding hydrogens is 458 g/mol. The van der Waals surface area contributed by atoms with Gasteiger partial charge in [0.1, 0.15) is 5.82 Å². The van der Waals surface area contributed by atoms with Gasteiger partial charge >= 0.3 is 0 Å². The van der Waals surface area contributed by atoms with Crippen molar-refractivity contribution in [2.45, 2.75) is 77.3 Å². The van der Waals surface area contributed by atoms with Gasteiger partial charge in [-0.25, -0.2) is 9.36 Å². The Labute approximate surface area is 219 Å². The molecule has 0 saturated heterocycles. The number of ketones is 1. The van der Waals surface area contributed by atoms with Gasteiger partial charge in [0.25, 0.3) is 0 Å². The number of nitrogens with zero attached hydrogens (tertiary/aromatic N) is 4. The van der Waals surface area contributed by atoms with Crippen LogP contribution in [0.2, 0.25) is 0 Å². The molecule has 192 valence electrons. The number of carbonyl (C=O) groups is 1. The molecular formula is C31H37N5O. The highest BCUT2D eigenvalue weighted by atomic mass is 16.1. The summed E-state index contributed by atoms with van der Waals surface area (Å²) in [6.45, 7) is 10.8. The number of carbonyl (C=O) groups excluding carboxylic acids is 1. The molecule has 6 heteroatoms. The summed E-state index contributed by atoms with van der Waals surface area (Å²) in [6, 6.07) is 20.8. The van der Waals surface area contributed by atoms with E-state index < -0.39 is 0 Å². The molecule has 4 aromatic rings. The lowest BCUT2D eigenvalue weighted by molar-refractivity contribution is 0.0944. The average molecular weight is 496 g/mol. The van der Waals surface area contributed by atoms with Crippen molar-refractivity contribution in [3.63, 3.8) is 0 Å². The van der Waals surface area contributed by atoms with E-state index in [0.717, 1.165) is 42.0 Å². The van der Waals surface area contributed by atoms with Crippen molar-refractivity contribution < 1.29 is 4.79 Å². The highest BCUT2D eigenvalue weighted by Gasteiger charge is 2.39. The van der Waals surface area contributed by atoms with Gasteiger partial charge in [0.2, 0.25) is 0 Å². The molecule has 2 aromatic carbocycles. The van der Waals surface area contributed by atoms with Crippen molar-refractivity contribution in [1.29, 1.82) is 0 Å². The summed E-state index contributed by atoms with van der Waals surface area (Å²) in [4.78, 5) is 14.0. The van der Waals surface area contributed by atoms with Crippen molar-refractivity contribution >= 4 is 11.6 Å². The number of Topliss-reactive ketones (excluding diaryl/α,β-unsaturated/α-hetero) is 1. The highest BCUT2D eigenvalue weighted by molar-refractivity contribution is 6.01. The summed E-state index contributed by atoms with van der Waals surface area (Å²) in [6.07, 6.45) is 6.74. The van der Waals surface area contributed by atoms with Gasteiger partial charge in [-0.1, -0.05) is 62.4 Å². The molecule has 2 aromatic heterocycles. The Balaban J connectivity index is 1.48. The molecule has 1 N–H and O–H groups in total. The zero-order valence-corrected chi connectivity index (χ0v) is 22.5. The Kier molecular flexibility index (Phi) is 6.52. The number of fused-ring (bicyclic) bond motifs is 1. The number of para-hydroxylation sites is 1. The number of anilines is 1. The fourth-order valence-electron chi connectivity index (χ4n) is 5.98. The monoisotopic (exact) mass is 495 g/mol. The van der Waals surface area contributed by atoms with Gasteiger partial charge in [0.15, 0.2) is 5.78 Å². The van der Waals surface area contributed by atoms with Gasteiger partial charge in [-0.3, -0.25) is 4.79 Å². The predicted molar refractivity (Wildman–Crippen MR) is 148 cm³/mol. The molecule has 0 aliphatic carbocycles. The van der Waals surface area contributed by atoms with E-state index in [-0.39, 0.29) is 22.8 Å². The minimum absolute atomic E-state index is 0.119. The van der Waals surface area contributed by atoms with Gasteiger partial charge in [0.05, 0.1) is 35.2 Å². The second-order valence-electron chi connectivity index (χ2n) is 10.9. The number of nitrogens with one attached hydrogen (secondary N) is 1. The summed E-state index contributed by atoms with van der Waals surface area (Å²) in [5.74, 6) is 0.946. The quantitative estimate of drug-likeness (QED) is 0.267. The smallest absolute Gasteiger partial charge is 0.169 e. The van der Waals surface area contributed by atoms with Crippen LogP contribution in [-0.2, 0) is 11.0 Å². The fraction of sp³-hybridized carbons (Fsp3) is 0.387. The number of hydrogen-bond acceptors (Lipinski definition) is 4. The molecule has 1 atom stereocenters. The van der Waals surface area contributed by atoms with Crippen LogP contribution in [0.1, 0.15) is 86.6 Å². The second-order valence-corrected chi connectivity index (χ2v) is 10.9. The minimum atomic E-state index is -0.300. The van der Waals surface area contributed by atoms with Crippen LogP contribution in [0.3, 0.4) is 0 Å². The van der Waals surface area contributed by atoms with E-state index in [4.69, 9.17) is 10.2 Å². The van der Waals surface area contributed by atoms with E-state index in [9.17, 15) is 4.79 Å². The van der Waals surface area contributed by atoms with Gasteiger partial charge < -0.3 is 5.32 Å². The zero-order chi connectivity index (χ0) is 26.2. The molecule has 5 rings (SSSR count). The first-order valence-electron chi connectivity index (χ1n) is 13.3. The average Bonchev–Trinajstić information content (AvgIpc) is 3.53. The first kappa shape index (κ1) is 25.0. The maximum atomic E-state index is 14.0. The SMILES string of the molecule is CCC(CC)(CC(=O)c1cnn2c1NC(c1ccccc1)CC2(C)C)c1cnn(-c2ccccc2)c1C. The normalized spacial score (nSPS) is 16.7. The lowest BCUT2D eigenvalue weighted by Crippen LogP contribution is -2.38. The molecule has 1 aliphatic heterocycles. The van der Waals surface area contributed by atoms with E-state index >= 15 is 0 Å². The van der Waals surface area contributed by atoms with Crippen LogP contribution in [0, 0.1) is 6.92 Å². The van der Waals surface area contributed by atoms with E-state index in [1.54, 1.807) is 6.20 Å². The van der Waals surface area contributed by atoms with Crippen LogP contribution in [-0.4, -0.2) is 25.3 Å². The molecule has 0 spiro atoms. The van der Waals surface area contributed by atoms with Gasteiger partial charge in [-0.15, -0.1) is 0 Å². The molecule has 3 heterocycles. The van der Waals surface area contributed by atoms with E-state index in [2.05, 4.69) is 76.3 Å². The summed E-state index contributed by atoms with van der Waals surface area (Å²) in [7, 11) is 0. The van der Waals surface area contributed by atoms with Crippen molar-refractivity contribution in [3.05, 3.63) is 95.4 Å². The summed E-state index contributed by atoms with van der Waals surface area (Å²) < 4.78 is 3.98. The van der Waals surface area contributed by atoms with Crippen LogP contribution in [0.15, 0.2) is 73.1 Å². The van der Waals surface area contributed by atoms with E-state index in [1.165, 1.54) is 5.56 Å². The Bertz CT molecular complexity index is 1380. The molecule has 1 aliphatic rings. The molecule has 0 amide bonds. The third-order valence-corrected chi connectivity index (χ3v) is 8.29. The Hall–Kier alpha value is -3.67. The van der Waals surface area contributed by atoms with Crippen molar-refractivity contribution in [1.82, 2.24) is 19.6 Å². The molecule has 37 heavy (non-hydrogen) atoms. The van der Waals surface area contributed by atoms with Crippen LogP contribution < -0.4 is 5.32 Å². The summed E-state index contributed by atoms with van der Waals surface area (Å²) in [5, 5.41) is 13.1. The lowest BCUT2D eigenvalue weighted by atomic mass is 9.71. The third-order valence-electron chi connectivity index (χ3n) is 8.29. The van der Waals surface area contributed by atoms with Crippen molar-refractivity contribution in [2.75, 3.05) is 5.32 Å². The molecule has 1 unspecified atom stereocenters. The largest absolute Gasteiger partial charge is 0.363 e. The molecule has 0 radical (unpaired) electrons. The third kappa shape index (κ3) is 4.39.